The zero-order valence-corrected chi connectivity index (χ0v) is 9.80. The predicted octanol–water partition coefficient (Wildman–Crippen LogP) is 2.60. The minimum atomic E-state index is -0.948. The lowest BCUT2D eigenvalue weighted by atomic mass is 10.2. The first kappa shape index (κ1) is 11.6. The van der Waals surface area contributed by atoms with Gasteiger partial charge in [-0.25, -0.2) is 0 Å². The predicted molar refractivity (Wildman–Crippen MR) is 65.3 cm³/mol. The minimum absolute atomic E-state index is 0.0775. The third-order valence-corrected chi connectivity index (χ3v) is 2.31. The summed E-state index contributed by atoms with van der Waals surface area (Å²) < 4.78 is 0. The number of benzene rings is 1. The molecule has 15 heavy (non-hydrogen) atoms. The largest absolute Gasteiger partial charge is 0.284 e. The van der Waals surface area contributed by atoms with Crippen LogP contribution in [-0.4, -0.2) is 23.7 Å². The number of hydrogen-bond acceptors (Lipinski definition) is 2. The van der Waals surface area contributed by atoms with Crippen molar-refractivity contribution in [1.29, 1.82) is 0 Å². The zero-order chi connectivity index (χ0) is 11.5. The van der Waals surface area contributed by atoms with Gasteiger partial charge < -0.3 is 0 Å². The molecular formula is C11H13NO2S. The van der Waals surface area contributed by atoms with E-state index in [1.165, 1.54) is 6.07 Å². The number of nitro benzene ring substituents is 1. The number of para-hydroxylation sites is 1. The highest BCUT2D eigenvalue weighted by molar-refractivity contribution is 8.35. The van der Waals surface area contributed by atoms with Crippen molar-refractivity contribution >= 4 is 15.7 Å². The summed E-state index contributed by atoms with van der Waals surface area (Å²) in [5.41, 5.74) is 0.568. The first-order valence-electron chi connectivity index (χ1n) is 4.34. The second kappa shape index (κ2) is 4.37. The SMILES string of the molecule is CS(C)(C)C#Cc1ccccc1[N+](=O)[O-]. The van der Waals surface area contributed by atoms with Crippen molar-refractivity contribution in [1.82, 2.24) is 0 Å². The maximum absolute atomic E-state index is 10.7. The van der Waals surface area contributed by atoms with Gasteiger partial charge in [0.05, 0.1) is 4.92 Å². The van der Waals surface area contributed by atoms with Crippen LogP contribution in [0.5, 0.6) is 0 Å². The first-order valence-corrected chi connectivity index (χ1v) is 7.20. The standard InChI is InChI=1S/C11H13NO2S/c1-15(2,3)9-8-10-6-4-5-7-11(10)12(13)14/h4-7H,1-3H3. The highest BCUT2D eigenvalue weighted by Crippen LogP contribution is 2.32. The second-order valence-electron chi connectivity index (χ2n) is 3.84. The summed E-state index contributed by atoms with van der Waals surface area (Å²) in [6.45, 7) is 0. The lowest BCUT2D eigenvalue weighted by Gasteiger charge is -2.14. The molecule has 3 nitrogen and oxygen atoms in total. The summed E-state index contributed by atoms with van der Waals surface area (Å²) in [6.07, 6.45) is 6.15. The molecule has 0 saturated heterocycles. The maximum atomic E-state index is 10.7. The van der Waals surface area contributed by atoms with Crippen molar-refractivity contribution in [3.63, 3.8) is 0 Å². The van der Waals surface area contributed by atoms with E-state index in [1.807, 2.05) is 0 Å². The van der Waals surface area contributed by atoms with Crippen molar-refractivity contribution in [3.05, 3.63) is 39.9 Å². The number of hydrogen-bond donors (Lipinski definition) is 0. The van der Waals surface area contributed by atoms with Gasteiger partial charge in [-0.15, -0.1) is 0 Å². The van der Waals surface area contributed by atoms with Gasteiger partial charge in [0.25, 0.3) is 5.69 Å². The van der Waals surface area contributed by atoms with E-state index in [0.29, 0.717) is 5.56 Å². The van der Waals surface area contributed by atoms with Gasteiger partial charge in [0.2, 0.25) is 0 Å². The molecule has 0 bridgehead atoms. The quantitative estimate of drug-likeness (QED) is 0.417. The van der Waals surface area contributed by atoms with Crippen molar-refractivity contribution in [2.24, 2.45) is 0 Å². The Morgan fingerprint density at radius 1 is 1.27 bits per heavy atom. The van der Waals surface area contributed by atoms with E-state index in [4.69, 9.17) is 0 Å². The van der Waals surface area contributed by atoms with Gasteiger partial charge in [0.1, 0.15) is 5.56 Å². The molecule has 0 aromatic heterocycles. The van der Waals surface area contributed by atoms with Gasteiger partial charge in [0.15, 0.2) is 0 Å². The fourth-order valence-corrected chi connectivity index (χ4v) is 1.36. The van der Waals surface area contributed by atoms with Crippen LogP contribution in [0.3, 0.4) is 0 Å². The molecule has 0 fully saturated rings. The van der Waals surface area contributed by atoms with Crippen LogP contribution in [0.25, 0.3) is 0 Å². The normalized spacial score (nSPS) is 11.4. The Hall–Kier alpha value is -1.47. The molecule has 80 valence electrons. The molecule has 0 saturated carbocycles. The van der Waals surface area contributed by atoms with Gasteiger partial charge in [-0.05, 0) is 36.0 Å². The second-order valence-corrected chi connectivity index (χ2v) is 7.72. The molecule has 0 N–H and O–H groups in total. The molecular weight excluding hydrogens is 210 g/mol. The summed E-state index contributed by atoms with van der Waals surface area (Å²) in [4.78, 5) is 10.3. The van der Waals surface area contributed by atoms with Crippen LogP contribution in [0.1, 0.15) is 5.56 Å². The molecule has 0 aliphatic carbocycles. The molecule has 1 aromatic rings. The van der Waals surface area contributed by atoms with Crippen LogP contribution in [0.2, 0.25) is 0 Å². The molecule has 1 rings (SSSR count). The lowest BCUT2D eigenvalue weighted by molar-refractivity contribution is -0.385. The summed E-state index contributed by atoms with van der Waals surface area (Å²) in [6, 6.07) is 6.56. The molecule has 0 unspecified atom stereocenters. The van der Waals surface area contributed by atoms with Crippen molar-refractivity contribution < 1.29 is 4.92 Å². The van der Waals surface area contributed by atoms with Crippen LogP contribution in [-0.2, 0) is 0 Å². The summed E-state index contributed by atoms with van der Waals surface area (Å²) >= 11 is 0. The van der Waals surface area contributed by atoms with Gasteiger partial charge in [-0.1, -0.05) is 12.1 Å². The topological polar surface area (TPSA) is 43.1 Å². The molecule has 4 heteroatoms. The molecule has 0 radical (unpaired) electrons. The van der Waals surface area contributed by atoms with Gasteiger partial charge in [-0.2, -0.15) is 10.0 Å². The maximum Gasteiger partial charge on any atom is 0.284 e. The minimum Gasteiger partial charge on any atom is -0.258 e. The van der Waals surface area contributed by atoms with Gasteiger partial charge in [-0.3, -0.25) is 10.1 Å². The highest BCUT2D eigenvalue weighted by Gasteiger charge is 2.09. The molecule has 0 amide bonds. The van der Waals surface area contributed by atoms with Crippen LogP contribution >= 0.6 is 10.0 Å². The number of nitrogens with zero attached hydrogens (tertiary/aromatic N) is 1. The Kier molecular flexibility index (Phi) is 3.38. The zero-order valence-electron chi connectivity index (χ0n) is 8.98. The molecule has 0 atom stereocenters. The number of rotatable bonds is 1. The number of nitro groups is 1. The average molecular weight is 223 g/mol. The fraction of sp³-hybridized carbons (Fsp3) is 0.273. The van der Waals surface area contributed by atoms with Crippen molar-refractivity contribution in [2.75, 3.05) is 18.8 Å². The molecule has 0 aliphatic rings. The lowest BCUT2D eigenvalue weighted by Crippen LogP contribution is -1.92. The van der Waals surface area contributed by atoms with Gasteiger partial charge in [0, 0.05) is 6.07 Å². The van der Waals surface area contributed by atoms with E-state index >= 15 is 0 Å². The summed E-state index contributed by atoms with van der Waals surface area (Å²) in [5, 5.41) is 13.8. The highest BCUT2D eigenvalue weighted by atomic mass is 32.3. The Labute approximate surface area is 91.0 Å². The summed E-state index contributed by atoms with van der Waals surface area (Å²) in [7, 11) is -0.948. The monoisotopic (exact) mass is 223 g/mol. The van der Waals surface area contributed by atoms with Crippen molar-refractivity contribution in [2.45, 2.75) is 0 Å². The molecule has 0 heterocycles. The third-order valence-electron chi connectivity index (χ3n) is 1.59. The Bertz CT molecular complexity index is 438. The van der Waals surface area contributed by atoms with E-state index in [-0.39, 0.29) is 5.69 Å². The summed E-state index contributed by atoms with van der Waals surface area (Å²) in [5.74, 6) is 2.88. The smallest absolute Gasteiger partial charge is 0.258 e. The Morgan fingerprint density at radius 2 is 1.87 bits per heavy atom. The van der Waals surface area contributed by atoms with Crippen LogP contribution in [0.15, 0.2) is 24.3 Å². The first-order chi connectivity index (χ1) is 6.90. The van der Waals surface area contributed by atoms with Gasteiger partial charge >= 0.3 is 0 Å². The molecule has 0 spiro atoms. The van der Waals surface area contributed by atoms with Crippen molar-refractivity contribution in [3.8, 4) is 11.2 Å². The van der Waals surface area contributed by atoms with E-state index in [0.717, 1.165) is 0 Å². The van der Waals surface area contributed by atoms with Crippen LogP contribution in [0.4, 0.5) is 5.69 Å². The van der Waals surface area contributed by atoms with Crippen LogP contribution < -0.4 is 0 Å². The van der Waals surface area contributed by atoms with Crippen LogP contribution in [0, 0.1) is 21.3 Å². The molecule has 1 aromatic carbocycles. The van der Waals surface area contributed by atoms with E-state index in [1.54, 1.807) is 18.2 Å². The van der Waals surface area contributed by atoms with E-state index in [9.17, 15) is 10.1 Å². The molecule has 0 aliphatic heterocycles. The van der Waals surface area contributed by atoms with E-state index < -0.39 is 15.0 Å². The Morgan fingerprint density at radius 3 is 2.40 bits per heavy atom. The average Bonchev–Trinajstić information content (AvgIpc) is 2.14. The van der Waals surface area contributed by atoms with E-state index in [2.05, 4.69) is 29.9 Å². The Balaban J connectivity index is 3.14. The third kappa shape index (κ3) is 3.64. The fourth-order valence-electron chi connectivity index (χ4n) is 0.947.